The smallest absolute Gasteiger partial charge is 0.147 e. The number of rotatable bonds is 4. The van der Waals surface area contributed by atoms with Crippen molar-refractivity contribution in [2.45, 2.75) is 44.0 Å². The van der Waals surface area contributed by atoms with Gasteiger partial charge < -0.3 is 5.43 Å². The van der Waals surface area contributed by atoms with Crippen LogP contribution >= 0.6 is 11.8 Å². The number of aryl methyl sites for hydroxylation is 3. The quantitative estimate of drug-likeness (QED) is 0.513. The summed E-state index contributed by atoms with van der Waals surface area (Å²) in [5, 5.41) is 0.952. The van der Waals surface area contributed by atoms with Crippen LogP contribution in [0.25, 0.3) is 0 Å². The molecule has 0 spiro atoms. The fourth-order valence-electron chi connectivity index (χ4n) is 1.83. The average molecular weight is 288 g/mol. The first-order valence-electron chi connectivity index (χ1n) is 6.64. The highest BCUT2D eigenvalue weighted by Gasteiger charge is 2.11. The topological polar surface area (TPSA) is 63.8 Å². The highest BCUT2D eigenvalue weighted by atomic mass is 32.2. The molecular formula is C15H20N4S. The monoisotopic (exact) mass is 288 g/mol. The standard InChI is InChI=1S/C15H20N4S/c1-5-13-17-14(19-16)11(4)15(18-13)20-12-7-6-9(2)10(3)8-12/h6-8H,5,16H2,1-4H3,(H,17,18,19). The number of benzene rings is 1. The van der Waals surface area contributed by atoms with E-state index in [1.165, 1.54) is 16.0 Å². The number of nitrogen functional groups attached to an aromatic ring is 1. The van der Waals surface area contributed by atoms with Gasteiger partial charge in [0.15, 0.2) is 0 Å². The number of nitrogens with two attached hydrogens (primary N) is 1. The Morgan fingerprint density at radius 3 is 2.50 bits per heavy atom. The number of nitrogens with one attached hydrogen (secondary N) is 1. The zero-order valence-corrected chi connectivity index (χ0v) is 13.1. The highest BCUT2D eigenvalue weighted by molar-refractivity contribution is 7.99. The second-order valence-corrected chi connectivity index (χ2v) is 5.83. The normalized spacial score (nSPS) is 10.7. The summed E-state index contributed by atoms with van der Waals surface area (Å²) in [6.07, 6.45) is 0.787. The van der Waals surface area contributed by atoms with Gasteiger partial charge in [-0.15, -0.1) is 0 Å². The van der Waals surface area contributed by atoms with Crippen LogP contribution in [0.15, 0.2) is 28.1 Å². The molecule has 0 amide bonds. The maximum Gasteiger partial charge on any atom is 0.147 e. The van der Waals surface area contributed by atoms with Gasteiger partial charge in [-0.2, -0.15) is 0 Å². The molecule has 0 fully saturated rings. The van der Waals surface area contributed by atoms with Crippen molar-refractivity contribution in [3.05, 3.63) is 40.7 Å². The molecule has 4 nitrogen and oxygen atoms in total. The third kappa shape index (κ3) is 3.11. The largest absolute Gasteiger partial charge is 0.308 e. The van der Waals surface area contributed by atoms with E-state index in [0.29, 0.717) is 5.82 Å². The lowest BCUT2D eigenvalue weighted by Crippen LogP contribution is -2.13. The van der Waals surface area contributed by atoms with Gasteiger partial charge >= 0.3 is 0 Å². The van der Waals surface area contributed by atoms with Crippen LogP contribution in [0.1, 0.15) is 29.4 Å². The zero-order valence-electron chi connectivity index (χ0n) is 12.3. The van der Waals surface area contributed by atoms with E-state index in [9.17, 15) is 0 Å². The molecule has 2 rings (SSSR count). The molecule has 0 aliphatic rings. The maximum atomic E-state index is 5.53. The SMILES string of the molecule is CCc1nc(NN)c(C)c(Sc2ccc(C)c(C)c2)n1. The van der Waals surface area contributed by atoms with Gasteiger partial charge in [0, 0.05) is 16.9 Å². The van der Waals surface area contributed by atoms with Crippen LogP contribution in [0.2, 0.25) is 0 Å². The fraction of sp³-hybridized carbons (Fsp3) is 0.333. The van der Waals surface area contributed by atoms with Crippen molar-refractivity contribution in [2.24, 2.45) is 5.84 Å². The lowest BCUT2D eigenvalue weighted by atomic mass is 10.1. The molecule has 0 bridgehead atoms. The van der Waals surface area contributed by atoms with E-state index in [2.05, 4.69) is 47.4 Å². The van der Waals surface area contributed by atoms with Gasteiger partial charge in [-0.25, -0.2) is 15.8 Å². The molecule has 106 valence electrons. The Bertz CT molecular complexity index is 626. The Hall–Kier alpha value is -1.59. The van der Waals surface area contributed by atoms with Crippen molar-refractivity contribution in [2.75, 3.05) is 5.43 Å². The molecule has 20 heavy (non-hydrogen) atoms. The van der Waals surface area contributed by atoms with Crippen LogP contribution < -0.4 is 11.3 Å². The average Bonchev–Trinajstić information content (AvgIpc) is 2.45. The number of hydrogen-bond acceptors (Lipinski definition) is 5. The molecule has 5 heteroatoms. The van der Waals surface area contributed by atoms with Crippen LogP contribution in [0, 0.1) is 20.8 Å². The molecule has 0 radical (unpaired) electrons. The molecule has 0 saturated heterocycles. The van der Waals surface area contributed by atoms with Crippen LogP contribution in [0.3, 0.4) is 0 Å². The van der Waals surface area contributed by atoms with Gasteiger partial charge in [-0.3, -0.25) is 0 Å². The van der Waals surface area contributed by atoms with Crippen LogP contribution in [0.4, 0.5) is 5.82 Å². The summed E-state index contributed by atoms with van der Waals surface area (Å²) in [5.74, 6) is 7.03. The van der Waals surface area contributed by atoms with E-state index >= 15 is 0 Å². The highest BCUT2D eigenvalue weighted by Crippen LogP contribution is 2.32. The molecule has 0 aliphatic carbocycles. The van der Waals surface area contributed by atoms with Gasteiger partial charge in [0.1, 0.15) is 16.7 Å². The molecule has 0 atom stereocenters. The van der Waals surface area contributed by atoms with Crippen molar-refractivity contribution in [3.63, 3.8) is 0 Å². The van der Waals surface area contributed by atoms with Crippen molar-refractivity contribution in [3.8, 4) is 0 Å². The minimum atomic E-state index is 0.697. The predicted molar refractivity (Wildman–Crippen MR) is 84.0 cm³/mol. The zero-order chi connectivity index (χ0) is 14.7. The van der Waals surface area contributed by atoms with E-state index in [4.69, 9.17) is 5.84 Å². The van der Waals surface area contributed by atoms with Crippen molar-refractivity contribution >= 4 is 17.6 Å². The minimum Gasteiger partial charge on any atom is -0.308 e. The first kappa shape index (κ1) is 14.8. The fourth-order valence-corrected chi connectivity index (χ4v) is 2.82. The molecule has 1 aromatic carbocycles. The molecular weight excluding hydrogens is 268 g/mol. The number of nitrogens with zero attached hydrogens (tertiary/aromatic N) is 2. The number of aromatic nitrogens is 2. The van der Waals surface area contributed by atoms with Gasteiger partial charge in [0.05, 0.1) is 0 Å². The first-order valence-corrected chi connectivity index (χ1v) is 7.46. The second-order valence-electron chi connectivity index (χ2n) is 4.76. The van der Waals surface area contributed by atoms with Crippen LogP contribution in [-0.2, 0) is 6.42 Å². The third-order valence-corrected chi connectivity index (χ3v) is 4.37. The lowest BCUT2D eigenvalue weighted by Gasteiger charge is -2.11. The van der Waals surface area contributed by atoms with E-state index in [0.717, 1.165) is 22.8 Å². The summed E-state index contributed by atoms with van der Waals surface area (Å²) in [4.78, 5) is 10.2. The summed E-state index contributed by atoms with van der Waals surface area (Å²) in [6, 6.07) is 6.44. The molecule has 2 aromatic rings. The molecule has 3 N–H and O–H groups in total. The predicted octanol–water partition coefficient (Wildman–Crippen LogP) is 3.40. The Labute approximate surface area is 124 Å². The second kappa shape index (κ2) is 6.24. The van der Waals surface area contributed by atoms with Gasteiger partial charge in [0.2, 0.25) is 0 Å². The van der Waals surface area contributed by atoms with Gasteiger partial charge in [-0.1, -0.05) is 24.8 Å². The Morgan fingerprint density at radius 1 is 1.15 bits per heavy atom. The summed E-state index contributed by atoms with van der Waals surface area (Å²) in [5.41, 5.74) is 6.22. The summed E-state index contributed by atoms with van der Waals surface area (Å²) >= 11 is 1.65. The molecule has 0 aliphatic heterocycles. The Morgan fingerprint density at radius 2 is 1.90 bits per heavy atom. The number of hydrazine groups is 1. The molecule has 1 heterocycles. The lowest BCUT2D eigenvalue weighted by molar-refractivity contribution is 0.871. The summed E-state index contributed by atoms with van der Waals surface area (Å²) < 4.78 is 0. The Kier molecular flexibility index (Phi) is 4.62. The van der Waals surface area contributed by atoms with Crippen molar-refractivity contribution in [1.82, 2.24) is 9.97 Å². The molecule has 0 unspecified atom stereocenters. The van der Waals surface area contributed by atoms with E-state index in [1.54, 1.807) is 11.8 Å². The van der Waals surface area contributed by atoms with Crippen LogP contribution in [0.5, 0.6) is 0 Å². The summed E-state index contributed by atoms with van der Waals surface area (Å²) in [6.45, 7) is 8.26. The Balaban J connectivity index is 2.39. The van der Waals surface area contributed by atoms with Gasteiger partial charge in [0.25, 0.3) is 0 Å². The molecule has 0 saturated carbocycles. The number of anilines is 1. The third-order valence-electron chi connectivity index (χ3n) is 3.29. The van der Waals surface area contributed by atoms with Gasteiger partial charge in [-0.05, 0) is 44.0 Å². The van der Waals surface area contributed by atoms with Crippen molar-refractivity contribution in [1.29, 1.82) is 0 Å². The minimum absolute atomic E-state index is 0.697. The summed E-state index contributed by atoms with van der Waals surface area (Å²) in [7, 11) is 0. The van der Waals surface area contributed by atoms with E-state index < -0.39 is 0 Å². The first-order chi connectivity index (χ1) is 9.55. The van der Waals surface area contributed by atoms with E-state index in [1.807, 2.05) is 13.8 Å². The molecule has 1 aromatic heterocycles. The van der Waals surface area contributed by atoms with E-state index in [-0.39, 0.29) is 0 Å². The maximum absolute atomic E-state index is 5.53. The number of hydrogen-bond donors (Lipinski definition) is 2. The van der Waals surface area contributed by atoms with Crippen LogP contribution in [-0.4, -0.2) is 9.97 Å². The van der Waals surface area contributed by atoms with Crippen molar-refractivity contribution < 1.29 is 0 Å².